The van der Waals surface area contributed by atoms with Gasteiger partial charge in [-0.2, -0.15) is 0 Å². The summed E-state index contributed by atoms with van der Waals surface area (Å²) in [5.74, 6) is 11.6. The fourth-order valence-corrected chi connectivity index (χ4v) is 3.84. The van der Waals surface area contributed by atoms with E-state index >= 15 is 0 Å². The Hall–Kier alpha value is -5.34. The number of pyridine rings is 4. The summed E-state index contributed by atoms with van der Waals surface area (Å²) in [7, 11) is 0. The van der Waals surface area contributed by atoms with E-state index in [0.717, 1.165) is 46.9 Å². The van der Waals surface area contributed by atoms with Gasteiger partial charge in [0, 0.05) is 62.9 Å². The van der Waals surface area contributed by atoms with Gasteiger partial charge in [-0.15, -0.1) is 0 Å². The van der Waals surface area contributed by atoms with Gasteiger partial charge in [0.25, 0.3) is 0 Å². The summed E-state index contributed by atoms with van der Waals surface area (Å²) in [5.41, 5.74) is 4.85. The molecule has 0 aromatic carbocycles. The molecule has 0 aliphatic carbocycles. The second-order valence-corrected chi connectivity index (χ2v) is 8.72. The minimum Gasteiger partial charge on any atom is -0.304 e. The summed E-state index contributed by atoms with van der Waals surface area (Å²) >= 11 is 0. The second-order valence-electron chi connectivity index (χ2n) is 8.72. The highest BCUT2D eigenvalue weighted by molar-refractivity contribution is 5.41. The molecule has 0 unspecified atom stereocenters. The third-order valence-electron chi connectivity index (χ3n) is 5.70. The van der Waals surface area contributed by atoms with Crippen LogP contribution in [0.5, 0.6) is 0 Å². The molecule has 0 amide bonds. The van der Waals surface area contributed by atoms with Crippen LogP contribution in [0, 0.1) is 35.3 Å². The average Bonchev–Trinajstić information content (AvgIpc) is 3.57. The molecule has 6 nitrogen and oxygen atoms in total. The lowest BCUT2D eigenvalue weighted by Gasteiger charge is -1.90. The second kappa shape index (κ2) is 12.9. The molecule has 0 fully saturated rings. The van der Waals surface area contributed by atoms with Crippen LogP contribution < -0.4 is 0 Å². The lowest BCUT2D eigenvalue weighted by molar-refractivity contribution is 0.619. The Morgan fingerprint density at radius 1 is 0.575 bits per heavy atom. The highest BCUT2D eigenvalue weighted by Crippen LogP contribution is 2.09. The van der Waals surface area contributed by atoms with Gasteiger partial charge in [-0.25, -0.2) is 28.7 Å². The van der Waals surface area contributed by atoms with E-state index in [-0.39, 0.29) is 11.6 Å². The molecule has 0 saturated heterocycles. The van der Waals surface area contributed by atoms with Gasteiger partial charge in [-0.1, -0.05) is 24.0 Å². The van der Waals surface area contributed by atoms with Crippen LogP contribution in [0.2, 0.25) is 0 Å². The summed E-state index contributed by atoms with van der Waals surface area (Å²) in [6.07, 6.45) is 12.8. The van der Waals surface area contributed by atoms with Crippen LogP contribution in [-0.4, -0.2) is 28.7 Å². The van der Waals surface area contributed by atoms with Gasteiger partial charge in [0.1, 0.15) is 34.3 Å². The number of hydrogen-bond acceptors (Lipinski definition) is 4. The van der Waals surface area contributed by atoms with E-state index in [4.69, 9.17) is 0 Å². The normalized spacial score (nSPS) is 10.2. The summed E-state index contributed by atoms with van der Waals surface area (Å²) in [5, 5.41) is 0. The minimum absolute atomic E-state index is 0.267. The van der Waals surface area contributed by atoms with Crippen molar-refractivity contribution in [2.24, 2.45) is 0 Å². The van der Waals surface area contributed by atoms with Crippen molar-refractivity contribution in [3.8, 4) is 23.7 Å². The molecule has 0 atom stereocenters. The monoisotopic (exact) mass is 530 g/mol. The number of rotatable bonds is 4. The molecule has 196 valence electrons. The third kappa shape index (κ3) is 7.37. The number of hydrogen-bond donors (Lipinski definition) is 0. The Bertz CT molecular complexity index is 1700. The van der Waals surface area contributed by atoms with E-state index in [2.05, 4.69) is 43.6 Å². The summed E-state index contributed by atoms with van der Waals surface area (Å²) < 4.78 is 29.5. The van der Waals surface area contributed by atoms with Crippen molar-refractivity contribution < 1.29 is 8.78 Å². The van der Waals surface area contributed by atoms with Crippen LogP contribution in [0.1, 0.15) is 35.6 Å². The predicted octanol–water partition coefficient (Wildman–Crippen LogP) is 5.71. The Morgan fingerprint density at radius 3 is 1.48 bits per heavy atom. The van der Waals surface area contributed by atoms with Crippen LogP contribution in [0.3, 0.4) is 0 Å². The van der Waals surface area contributed by atoms with Crippen LogP contribution >= 0.6 is 0 Å². The SMILES string of the molecule is Fc1ccc2nc(CCC#Cc3ccccn3)cn2c1.Fc1ccc2nc(CCC#Cc3ccccn3)cn2c1. The maximum atomic E-state index is 13.1. The molecule has 40 heavy (non-hydrogen) atoms. The third-order valence-corrected chi connectivity index (χ3v) is 5.70. The smallest absolute Gasteiger partial charge is 0.139 e. The summed E-state index contributed by atoms with van der Waals surface area (Å²) in [6, 6.07) is 17.4. The molecule has 0 saturated carbocycles. The Labute approximate surface area is 230 Å². The van der Waals surface area contributed by atoms with Crippen LogP contribution in [0.25, 0.3) is 11.3 Å². The van der Waals surface area contributed by atoms with Gasteiger partial charge in [0.15, 0.2) is 0 Å². The quantitative estimate of drug-likeness (QED) is 0.274. The zero-order valence-electron chi connectivity index (χ0n) is 21.5. The highest BCUT2D eigenvalue weighted by Gasteiger charge is 2.02. The molecular formula is C32H24F2N6. The first-order valence-electron chi connectivity index (χ1n) is 12.7. The fourth-order valence-electron chi connectivity index (χ4n) is 3.84. The highest BCUT2D eigenvalue weighted by atomic mass is 19.1. The van der Waals surface area contributed by atoms with Gasteiger partial charge >= 0.3 is 0 Å². The number of halogens is 2. The van der Waals surface area contributed by atoms with E-state index < -0.39 is 0 Å². The number of fused-ring (bicyclic) bond motifs is 2. The van der Waals surface area contributed by atoms with Crippen molar-refractivity contribution >= 4 is 11.3 Å². The van der Waals surface area contributed by atoms with E-state index in [9.17, 15) is 8.78 Å². The summed E-state index contributed by atoms with van der Waals surface area (Å²) in [6.45, 7) is 0. The maximum absolute atomic E-state index is 13.1. The molecule has 0 N–H and O–H groups in total. The summed E-state index contributed by atoms with van der Waals surface area (Å²) in [4.78, 5) is 17.1. The van der Waals surface area contributed by atoms with Gasteiger partial charge in [-0.3, -0.25) is 0 Å². The molecule has 0 bridgehead atoms. The first-order chi connectivity index (χ1) is 19.6. The standard InChI is InChI=1S/2C16H12FN3/c2*17-13-8-9-16-19-15(12-20(16)11-13)7-2-1-5-14-6-3-4-10-18-14/h2*3-4,6,8-12H,2,7H2. The molecule has 0 aliphatic rings. The molecule has 6 aromatic rings. The number of imidazole rings is 2. The molecule has 0 aliphatic heterocycles. The number of aryl methyl sites for hydroxylation is 2. The fraction of sp³-hybridized carbons (Fsp3) is 0.125. The van der Waals surface area contributed by atoms with Crippen molar-refractivity contribution in [2.45, 2.75) is 25.7 Å². The molecular weight excluding hydrogens is 506 g/mol. The first kappa shape index (κ1) is 26.3. The van der Waals surface area contributed by atoms with E-state index in [1.807, 2.05) is 48.8 Å². The lowest BCUT2D eigenvalue weighted by Crippen LogP contribution is -1.83. The van der Waals surface area contributed by atoms with E-state index in [1.54, 1.807) is 33.3 Å². The maximum Gasteiger partial charge on any atom is 0.139 e. The van der Waals surface area contributed by atoms with Gasteiger partial charge in [0.05, 0.1) is 11.4 Å². The molecule has 6 rings (SSSR count). The molecule has 0 radical (unpaired) electrons. The van der Waals surface area contributed by atoms with Crippen molar-refractivity contribution in [3.05, 3.63) is 132 Å². The predicted molar refractivity (Wildman–Crippen MR) is 149 cm³/mol. The first-order valence-corrected chi connectivity index (χ1v) is 12.7. The van der Waals surface area contributed by atoms with Gasteiger partial charge < -0.3 is 8.80 Å². The van der Waals surface area contributed by atoms with Crippen molar-refractivity contribution in [1.82, 2.24) is 28.7 Å². The van der Waals surface area contributed by atoms with Crippen molar-refractivity contribution in [2.75, 3.05) is 0 Å². The molecule has 0 spiro atoms. The molecule has 6 heterocycles. The minimum atomic E-state index is -0.267. The Balaban J connectivity index is 0.000000161. The molecule has 8 heteroatoms. The van der Waals surface area contributed by atoms with E-state index in [1.165, 1.54) is 24.5 Å². The largest absolute Gasteiger partial charge is 0.304 e. The molecule has 6 aromatic heterocycles. The van der Waals surface area contributed by atoms with Gasteiger partial charge in [-0.05, 0) is 60.4 Å². The van der Waals surface area contributed by atoms with E-state index in [0.29, 0.717) is 12.8 Å². The zero-order valence-corrected chi connectivity index (χ0v) is 21.5. The van der Waals surface area contributed by atoms with Crippen molar-refractivity contribution in [3.63, 3.8) is 0 Å². The lowest BCUT2D eigenvalue weighted by atomic mass is 10.2. The Morgan fingerprint density at radius 2 is 1.05 bits per heavy atom. The number of aromatic nitrogens is 6. The van der Waals surface area contributed by atoms with Crippen LogP contribution in [0.4, 0.5) is 8.78 Å². The number of nitrogens with zero attached hydrogens (tertiary/aromatic N) is 6. The average molecular weight is 531 g/mol. The van der Waals surface area contributed by atoms with Crippen molar-refractivity contribution in [1.29, 1.82) is 0 Å². The van der Waals surface area contributed by atoms with Crippen LogP contribution in [-0.2, 0) is 12.8 Å². The van der Waals surface area contributed by atoms with Gasteiger partial charge in [0.2, 0.25) is 0 Å². The van der Waals surface area contributed by atoms with Crippen LogP contribution in [0.15, 0.2) is 97.8 Å². The zero-order chi connectivity index (χ0) is 27.6. The topological polar surface area (TPSA) is 60.4 Å². The Kier molecular flexibility index (Phi) is 8.50.